The van der Waals surface area contributed by atoms with Crippen LogP contribution in [0.3, 0.4) is 0 Å². The second-order valence-corrected chi connectivity index (χ2v) is 5.50. The van der Waals surface area contributed by atoms with Gasteiger partial charge in [-0.15, -0.1) is 0 Å². The summed E-state index contributed by atoms with van der Waals surface area (Å²) in [5, 5.41) is 13.8. The molecule has 3 heterocycles. The number of furan rings is 1. The minimum atomic E-state index is -0.183. The molecule has 3 aromatic rings. The van der Waals surface area contributed by atoms with Gasteiger partial charge in [0.05, 0.1) is 29.5 Å². The zero-order valence-corrected chi connectivity index (χ0v) is 13.7. The molecule has 7 nitrogen and oxygen atoms in total. The van der Waals surface area contributed by atoms with E-state index in [9.17, 15) is 9.90 Å². The van der Waals surface area contributed by atoms with E-state index < -0.39 is 0 Å². The van der Waals surface area contributed by atoms with E-state index >= 15 is 0 Å². The lowest BCUT2D eigenvalue weighted by Crippen LogP contribution is -2.34. The molecule has 0 saturated heterocycles. The number of amides is 1. The molecule has 0 unspecified atom stereocenters. The molecule has 0 atom stereocenters. The first kappa shape index (κ1) is 16.2. The normalized spacial score (nSPS) is 11.1. The molecule has 0 radical (unpaired) electrons. The summed E-state index contributed by atoms with van der Waals surface area (Å²) in [6.07, 6.45) is 2.34. The number of hydrogen-bond donors (Lipinski definition) is 1. The smallest absolute Gasteiger partial charge is 0.259 e. The molecule has 0 saturated carbocycles. The number of rotatable bonds is 6. The summed E-state index contributed by atoms with van der Waals surface area (Å²) in [4.78, 5) is 19.0. The molecule has 0 bridgehead atoms. The highest BCUT2D eigenvalue weighted by molar-refractivity contribution is 6.06. The number of pyridine rings is 1. The van der Waals surface area contributed by atoms with Gasteiger partial charge in [-0.05, 0) is 31.5 Å². The predicted octanol–water partition coefficient (Wildman–Crippen LogP) is 2.64. The molecular formula is C17H19N3O4. The Morgan fingerprint density at radius 3 is 2.88 bits per heavy atom. The van der Waals surface area contributed by atoms with Crippen LogP contribution in [0.15, 0.2) is 33.4 Å². The molecule has 1 amide bonds. The van der Waals surface area contributed by atoms with E-state index in [2.05, 4.69) is 10.1 Å². The number of nitrogens with zero attached hydrogens (tertiary/aromatic N) is 3. The third kappa shape index (κ3) is 2.90. The van der Waals surface area contributed by atoms with Crippen LogP contribution in [0, 0.1) is 6.92 Å². The Kier molecular flexibility index (Phi) is 4.61. The van der Waals surface area contributed by atoms with E-state index in [1.54, 1.807) is 36.3 Å². The fraction of sp³-hybridized carbons (Fsp3) is 0.353. The van der Waals surface area contributed by atoms with Gasteiger partial charge in [-0.1, -0.05) is 12.1 Å². The molecule has 0 spiro atoms. The lowest BCUT2D eigenvalue weighted by molar-refractivity contribution is 0.0724. The fourth-order valence-electron chi connectivity index (χ4n) is 2.69. The number of aliphatic hydroxyl groups is 1. The third-order valence-corrected chi connectivity index (χ3v) is 3.77. The van der Waals surface area contributed by atoms with Gasteiger partial charge >= 0.3 is 0 Å². The largest absolute Gasteiger partial charge is 0.463 e. The van der Waals surface area contributed by atoms with Crippen LogP contribution in [0.5, 0.6) is 0 Å². The second-order valence-electron chi connectivity index (χ2n) is 5.50. The number of aryl methyl sites for hydroxylation is 1. The van der Waals surface area contributed by atoms with Gasteiger partial charge in [-0.25, -0.2) is 4.98 Å². The van der Waals surface area contributed by atoms with E-state index in [4.69, 9.17) is 8.94 Å². The maximum Gasteiger partial charge on any atom is 0.259 e. The number of aromatic nitrogens is 2. The van der Waals surface area contributed by atoms with Crippen molar-refractivity contribution >= 4 is 17.0 Å². The van der Waals surface area contributed by atoms with Gasteiger partial charge in [-0.2, -0.15) is 0 Å². The average Bonchev–Trinajstić information content (AvgIpc) is 3.23. The van der Waals surface area contributed by atoms with Gasteiger partial charge in [0.1, 0.15) is 5.69 Å². The highest BCUT2D eigenvalue weighted by Crippen LogP contribution is 2.28. The highest BCUT2D eigenvalue weighted by Gasteiger charge is 2.23. The monoisotopic (exact) mass is 329 g/mol. The number of aliphatic hydroxyl groups excluding tert-OH is 1. The fourth-order valence-corrected chi connectivity index (χ4v) is 2.69. The molecule has 0 aliphatic rings. The van der Waals surface area contributed by atoms with Crippen molar-refractivity contribution in [2.45, 2.75) is 20.3 Å². The van der Waals surface area contributed by atoms with E-state index in [-0.39, 0.29) is 19.1 Å². The molecular weight excluding hydrogens is 310 g/mol. The lowest BCUT2D eigenvalue weighted by Gasteiger charge is -2.21. The Morgan fingerprint density at radius 1 is 1.38 bits per heavy atom. The van der Waals surface area contributed by atoms with Crippen molar-refractivity contribution in [1.82, 2.24) is 15.0 Å². The van der Waals surface area contributed by atoms with Crippen molar-refractivity contribution in [2.24, 2.45) is 0 Å². The summed E-state index contributed by atoms with van der Waals surface area (Å²) in [5.74, 6) is 0.363. The second kappa shape index (κ2) is 6.84. The Hall–Kier alpha value is -2.67. The topological polar surface area (TPSA) is 92.6 Å². The first-order valence-electron chi connectivity index (χ1n) is 7.86. The summed E-state index contributed by atoms with van der Waals surface area (Å²) in [6, 6.07) is 5.21. The van der Waals surface area contributed by atoms with Crippen LogP contribution in [0.4, 0.5) is 0 Å². The molecule has 3 aromatic heterocycles. The molecule has 0 aliphatic heterocycles. The van der Waals surface area contributed by atoms with E-state index in [1.165, 1.54) is 0 Å². The minimum Gasteiger partial charge on any atom is -0.463 e. The van der Waals surface area contributed by atoms with Gasteiger partial charge < -0.3 is 18.9 Å². The molecule has 7 heteroatoms. The Morgan fingerprint density at radius 2 is 2.21 bits per heavy atom. The average molecular weight is 329 g/mol. The number of carbonyl (C=O) groups excluding carboxylic acids is 1. The van der Waals surface area contributed by atoms with E-state index in [1.807, 2.05) is 6.92 Å². The molecule has 1 N–H and O–H groups in total. The maximum atomic E-state index is 13.0. The van der Waals surface area contributed by atoms with Crippen molar-refractivity contribution in [3.63, 3.8) is 0 Å². The third-order valence-electron chi connectivity index (χ3n) is 3.77. The number of hydrogen-bond acceptors (Lipinski definition) is 6. The van der Waals surface area contributed by atoms with Gasteiger partial charge in [0.2, 0.25) is 0 Å². The lowest BCUT2D eigenvalue weighted by atomic mass is 10.1. The van der Waals surface area contributed by atoms with Crippen LogP contribution >= 0.6 is 0 Å². The Labute approximate surface area is 138 Å². The van der Waals surface area contributed by atoms with Gasteiger partial charge in [-0.3, -0.25) is 4.79 Å². The van der Waals surface area contributed by atoms with E-state index in [0.717, 1.165) is 6.42 Å². The Balaban J connectivity index is 2.14. The van der Waals surface area contributed by atoms with Crippen molar-refractivity contribution < 1.29 is 18.8 Å². The van der Waals surface area contributed by atoms with Crippen LogP contribution in [0.25, 0.3) is 22.6 Å². The number of fused-ring (bicyclic) bond motifs is 1. The van der Waals surface area contributed by atoms with Crippen molar-refractivity contribution in [1.29, 1.82) is 0 Å². The minimum absolute atomic E-state index is 0.0897. The SMILES string of the molecule is CCCN(CCO)C(=O)c1cc(-c2ccco2)nc2onc(C)c12. The van der Waals surface area contributed by atoms with Gasteiger partial charge in [0.25, 0.3) is 11.6 Å². The Bertz CT molecular complexity index is 833. The highest BCUT2D eigenvalue weighted by atomic mass is 16.5. The first-order chi connectivity index (χ1) is 11.7. The van der Waals surface area contributed by atoms with Crippen LogP contribution in [-0.2, 0) is 0 Å². The summed E-state index contributed by atoms with van der Waals surface area (Å²) in [5.41, 5.74) is 1.86. The summed E-state index contributed by atoms with van der Waals surface area (Å²) in [6.45, 7) is 4.50. The van der Waals surface area contributed by atoms with Crippen molar-refractivity contribution in [3.8, 4) is 11.5 Å². The molecule has 126 valence electrons. The van der Waals surface area contributed by atoms with Crippen molar-refractivity contribution in [3.05, 3.63) is 35.7 Å². The van der Waals surface area contributed by atoms with Crippen LogP contribution in [0.1, 0.15) is 29.4 Å². The van der Waals surface area contributed by atoms with Crippen LogP contribution < -0.4 is 0 Å². The zero-order valence-electron chi connectivity index (χ0n) is 13.7. The molecule has 3 rings (SSSR count). The molecule has 0 fully saturated rings. The predicted molar refractivity (Wildman–Crippen MR) is 87.5 cm³/mol. The quantitative estimate of drug-likeness (QED) is 0.747. The van der Waals surface area contributed by atoms with Gasteiger partial charge in [0, 0.05) is 13.1 Å². The summed E-state index contributed by atoms with van der Waals surface area (Å²) >= 11 is 0. The molecule has 24 heavy (non-hydrogen) atoms. The molecule has 0 aromatic carbocycles. The first-order valence-corrected chi connectivity index (χ1v) is 7.86. The molecule has 0 aliphatic carbocycles. The standard InChI is InChI=1S/C17H19N3O4/c1-3-6-20(7-8-21)17(22)12-10-13(14-5-4-9-23-14)18-16-15(12)11(2)19-24-16/h4-5,9-10,21H,3,6-8H2,1-2H3. The summed E-state index contributed by atoms with van der Waals surface area (Å²) < 4.78 is 10.6. The van der Waals surface area contributed by atoms with Crippen LogP contribution in [-0.4, -0.2) is 45.8 Å². The number of carbonyl (C=O) groups is 1. The zero-order chi connectivity index (χ0) is 17.1. The van der Waals surface area contributed by atoms with Crippen LogP contribution in [0.2, 0.25) is 0 Å². The maximum absolute atomic E-state index is 13.0. The van der Waals surface area contributed by atoms with E-state index in [0.29, 0.717) is 40.4 Å². The summed E-state index contributed by atoms with van der Waals surface area (Å²) in [7, 11) is 0. The van der Waals surface area contributed by atoms with Crippen molar-refractivity contribution in [2.75, 3.05) is 19.7 Å². The van der Waals surface area contributed by atoms with Gasteiger partial charge in [0.15, 0.2) is 5.76 Å².